The van der Waals surface area contributed by atoms with Crippen LogP contribution < -0.4 is 0 Å². The van der Waals surface area contributed by atoms with Crippen molar-refractivity contribution in [3.05, 3.63) is 17.5 Å². The van der Waals surface area contributed by atoms with Crippen LogP contribution in [-0.2, 0) is 9.53 Å². The average Bonchev–Trinajstić information content (AvgIpc) is 2.63. The highest BCUT2D eigenvalue weighted by Gasteiger charge is 2.17. The zero-order chi connectivity index (χ0) is 11.4. The van der Waals surface area contributed by atoms with Gasteiger partial charge in [-0.15, -0.1) is 0 Å². The number of rotatable bonds is 3. The van der Waals surface area contributed by atoms with Crippen LogP contribution in [0.2, 0.25) is 0 Å². The van der Waals surface area contributed by atoms with E-state index in [1.165, 1.54) is 25.3 Å². The van der Waals surface area contributed by atoms with Gasteiger partial charge in [0.25, 0.3) is 5.91 Å². The molecule has 0 aliphatic rings. The van der Waals surface area contributed by atoms with Gasteiger partial charge >= 0.3 is 5.97 Å². The first kappa shape index (κ1) is 11.2. The molecule has 1 rings (SSSR count). The number of nitrogens with zero attached hydrogens (tertiary/aromatic N) is 2. The Kier molecular flexibility index (Phi) is 3.43. The summed E-state index contributed by atoms with van der Waals surface area (Å²) in [6, 6.07) is 0. The summed E-state index contributed by atoms with van der Waals surface area (Å²) in [4.78, 5) is 24.0. The SMILES string of the molecule is COC(=O)CN(C)C(=O)c1cn[nH]c1C. The lowest BCUT2D eigenvalue weighted by Gasteiger charge is -2.14. The number of H-pyrrole nitrogens is 1. The largest absolute Gasteiger partial charge is 0.468 e. The molecular weight excluding hydrogens is 198 g/mol. The number of hydrogen-bond donors (Lipinski definition) is 1. The van der Waals surface area contributed by atoms with Gasteiger partial charge < -0.3 is 9.64 Å². The summed E-state index contributed by atoms with van der Waals surface area (Å²) >= 11 is 0. The number of carbonyl (C=O) groups is 2. The molecule has 0 saturated carbocycles. The van der Waals surface area contributed by atoms with Crippen LogP contribution in [0.25, 0.3) is 0 Å². The lowest BCUT2D eigenvalue weighted by Crippen LogP contribution is -2.32. The van der Waals surface area contributed by atoms with Crippen molar-refractivity contribution in [2.24, 2.45) is 0 Å². The number of methoxy groups -OCH3 is 1. The van der Waals surface area contributed by atoms with E-state index in [0.29, 0.717) is 11.3 Å². The molecule has 1 amide bonds. The van der Waals surface area contributed by atoms with E-state index in [9.17, 15) is 9.59 Å². The molecule has 1 aromatic rings. The molecular formula is C9H13N3O3. The van der Waals surface area contributed by atoms with E-state index in [1.54, 1.807) is 6.92 Å². The van der Waals surface area contributed by atoms with Crippen LogP contribution in [0, 0.1) is 6.92 Å². The van der Waals surface area contributed by atoms with Gasteiger partial charge in [-0.25, -0.2) is 0 Å². The fourth-order valence-electron chi connectivity index (χ4n) is 1.10. The minimum atomic E-state index is -0.452. The van der Waals surface area contributed by atoms with Crippen molar-refractivity contribution in [3.8, 4) is 0 Å². The fourth-order valence-corrected chi connectivity index (χ4v) is 1.10. The van der Waals surface area contributed by atoms with Gasteiger partial charge in [0.1, 0.15) is 6.54 Å². The van der Waals surface area contributed by atoms with Crippen LogP contribution >= 0.6 is 0 Å². The second-order valence-electron chi connectivity index (χ2n) is 3.15. The van der Waals surface area contributed by atoms with E-state index in [1.807, 2.05) is 0 Å². The molecule has 0 unspecified atom stereocenters. The Labute approximate surface area is 87.2 Å². The number of esters is 1. The third-order valence-corrected chi connectivity index (χ3v) is 2.00. The number of amides is 1. The van der Waals surface area contributed by atoms with Crippen molar-refractivity contribution in [1.29, 1.82) is 0 Å². The zero-order valence-electron chi connectivity index (χ0n) is 8.90. The summed E-state index contributed by atoms with van der Waals surface area (Å²) in [6.07, 6.45) is 1.44. The Bertz CT molecular complexity index is 372. The number of hydrogen-bond acceptors (Lipinski definition) is 4. The molecule has 82 valence electrons. The number of aromatic amines is 1. The number of ether oxygens (including phenoxy) is 1. The third kappa shape index (κ3) is 2.55. The number of nitrogens with one attached hydrogen (secondary N) is 1. The first-order valence-electron chi connectivity index (χ1n) is 4.38. The predicted molar refractivity (Wildman–Crippen MR) is 52.3 cm³/mol. The molecule has 0 saturated heterocycles. The number of likely N-dealkylation sites (N-methyl/N-ethyl adjacent to an activating group) is 1. The monoisotopic (exact) mass is 211 g/mol. The minimum Gasteiger partial charge on any atom is -0.468 e. The van der Waals surface area contributed by atoms with Crippen LogP contribution in [0.5, 0.6) is 0 Å². The molecule has 0 radical (unpaired) electrons. The van der Waals surface area contributed by atoms with Crippen molar-refractivity contribution in [3.63, 3.8) is 0 Å². The standard InChI is InChI=1S/C9H13N3O3/c1-6-7(4-10-11-6)9(14)12(2)5-8(13)15-3/h4H,5H2,1-3H3,(H,10,11). The molecule has 6 nitrogen and oxygen atoms in total. The molecule has 0 aliphatic heterocycles. The number of aromatic nitrogens is 2. The van der Waals surface area contributed by atoms with Crippen molar-refractivity contribution in [1.82, 2.24) is 15.1 Å². The number of aryl methyl sites for hydroxylation is 1. The third-order valence-electron chi connectivity index (χ3n) is 2.00. The first-order chi connectivity index (χ1) is 7.06. The first-order valence-corrected chi connectivity index (χ1v) is 4.38. The molecule has 0 spiro atoms. The van der Waals surface area contributed by atoms with Crippen LogP contribution in [0.4, 0.5) is 0 Å². The maximum absolute atomic E-state index is 11.7. The van der Waals surface area contributed by atoms with Crippen LogP contribution in [-0.4, -0.2) is 47.7 Å². The summed E-state index contributed by atoms with van der Waals surface area (Å²) < 4.78 is 4.46. The van der Waals surface area contributed by atoms with Gasteiger partial charge in [-0.3, -0.25) is 14.7 Å². The normalized spacial score (nSPS) is 9.80. The van der Waals surface area contributed by atoms with E-state index in [-0.39, 0.29) is 12.5 Å². The molecule has 0 aliphatic carbocycles. The lowest BCUT2D eigenvalue weighted by atomic mass is 10.2. The van der Waals surface area contributed by atoms with Gasteiger partial charge in [-0.2, -0.15) is 5.10 Å². The van der Waals surface area contributed by atoms with Gasteiger partial charge in [-0.1, -0.05) is 0 Å². The van der Waals surface area contributed by atoms with E-state index < -0.39 is 5.97 Å². The van der Waals surface area contributed by atoms with Gasteiger partial charge in [-0.05, 0) is 6.92 Å². The van der Waals surface area contributed by atoms with Crippen molar-refractivity contribution < 1.29 is 14.3 Å². The summed E-state index contributed by atoms with van der Waals surface area (Å²) in [5, 5.41) is 6.39. The quantitative estimate of drug-likeness (QED) is 0.712. The summed E-state index contributed by atoms with van der Waals surface area (Å²) in [5.41, 5.74) is 1.14. The molecule has 15 heavy (non-hydrogen) atoms. The molecule has 1 N–H and O–H groups in total. The zero-order valence-corrected chi connectivity index (χ0v) is 8.90. The highest BCUT2D eigenvalue weighted by atomic mass is 16.5. The highest BCUT2D eigenvalue weighted by Crippen LogP contribution is 2.05. The van der Waals surface area contributed by atoms with Crippen LogP contribution in [0.15, 0.2) is 6.20 Å². The second-order valence-corrected chi connectivity index (χ2v) is 3.15. The molecule has 1 heterocycles. The highest BCUT2D eigenvalue weighted by molar-refractivity contribution is 5.96. The Morgan fingerprint density at radius 3 is 2.73 bits per heavy atom. The Morgan fingerprint density at radius 2 is 2.27 bits per heavy atom. The van der Waals surface area contributed by atoms with Crippen molar-refractivity contribution >= 4 is 11.9 Å². The van der Waals surface area contributed by atoms with Crippen LogP contribution in [0.1, 0.15) is 16.1 Å². The number of carbonyl (C=O) groups excluding carboxylic acids is 2. The predicted octanol–water partition coefficient (Wildman–Crippen LogP) is -0.0369. The Morgan fingerprint density at radius 1 is 1.60 bits per heavy atom. The maximum atomic E-state index is 11.7. The Hall–Kier alpha value is -1.85. The topological polar surface area (TPSA) is 75.3 Å². The van der Waals surface area contributed by atoms with Crippen LogP contribution in [0.3, 0.4) is 0 Å². The summed E-state index contributed by atoms with van der Waals surface area (Å²) in [7, 11) is 2.81. The molecule has 6 heteroatoms. The van der Waals surface area contributed by atoms with E-state index in [4.69, 9.17) is 0 Å². The fraction of sp³-hybridized carbons (Fsp3) is 0.444. The molecule has 1 aromatic heterocycles. The summed E-state index contributed by atoms with van der Waals surface area (Å²) in [6.45, 7) is 1.67. The lowest BCUT2D eigenvalue weighted by molar-refractivity contribution is -0.141. The molecule has 0 fully saturated rings. The molecule has 0 aromatic carbocycles. The summed E-state index contributed by atoms with van der Waals surface area (Å²) in [5.74, 6) is -0.710. The maximum Gasteiger partial charge on any atom is 0.325 e. The molecule has 0 bridgehead atoms. The smallest absolute Gasteiger partial charge is 0.325 e. The molecule has 0 atom stereocenters. The average molecular weight is 211 g/mol. The van der Waals surface area contributed by atoms with Crippen molar-refractivity contribution in [2.75, 3.05) is 20.7 Å². The van der Waals surface area contributed by atoms with E-state index in [0.717, 1.165) is 0 Å². The minimum absolute atomic E-state index is 0.0695. The van der Waals surface area contributed by atoms with E-state index in [2.05, 4.69) is 14.9 Å². The van der Waals surface area contributed by atoms with Gasteiger partial charge in [0.2, 0.25) is 0 Å². The van der Waals surface area contributed by atoms with Gasteiger partial charge in [0, 0.05) is 12.7 Å². The van der Waals surface area contributed by atoms with Gasteiger partial charge in [0.15, 0.2) is 0 Å². The second kappa shape index (κ2) is 4.59. The Balaban J connectivity index is 2.69. The van der Waals surface area contributed by atoms with E-state index >= 15 is 0 Å². The van der Waals surface area contributed by atoms with Gasteiger partial charge in [0.05, 0.1) is 18.9 Å². The van der Waals surface area contributed by atoms with Crippen molar-refractivity contribution in [2.45, 2.75) is 6.92 Å².